The Balaban J connectivity index is 1.82. The number of carbonyl (C=O) groups is 2. The first kappa shape index (κ1) is 15.4. The average molecular weight is 325 g/mol. The molecule has 24 heavy (non-hydrogen) atoms. The summed E-state index contributed by atoms with van der Waals surface area (Å²) in [5, 5.41) is 2.53. The number of oxazole rings is 1. The first-order chi connectivity index (χ1) is 11.5. The van der Waals surface area contributed by atoms with Gasteiger partial charge in [0, 0.05) is 5.56 Å². The van der Waals surface area contributed by atoms with Crippen molar-refractivity contribution in [2.75, 3.05) is 5.32 Å². The van der Waals surface area contributed by atoms with Crippen LogP contribution < -0.4 is 11.1 Å². The van der Waals surface area contributed by atoms with Crippen LogP contribution in [0.5, 0.6) is 0 Å². The van der Waals surface area contributed by atoms with Crippen molar-refractivity contribution in [3.05, 3.63) is 72.0 Å². The number of para-hydroxylation sites is 1. The minimum atomic E-state index is -0.662. The molecule has 0 saturated carbocycles. The van der Waals surface area contributed by atoms with E-state index in [1.165, 1.54) is 36.5 Å². The smallest absolute Gasteiger partial charge is 0.311 e. The van der Waals surface area contributed by atoms with E-state index in [-0.39, 0.29) is 23.0 Å². The Kier molecular flexibility index (Phi) is 4.07. The summed E-state index contributed by atoms with van der Waals surface area (Å²) in [5.74, 6) is -1.53. The topological polar surface area (TPSA) is 98.2 Å². The molecule has 2 aromatic carbocycles. The van der Waals surface area contributed by atoms with Gasteiger partial charge in [-0.2, -0.15) is 0 Å². The molecule has 0 aliphatic heterocycles. The molecule has 2 amide bonds. The number of amides is 2. The number of nitrogens with two attached hydrogens (primary N) is 1. The predicted octanol–water partition coefficient (Wildman–Crippen LogP) is 2.83. The van der Waals surface area contributed by atoms with E-state index in [9.17, 15) is 14.0 Å². The maximum atomic E-state index is 12.9. The lowest BCUT2D eigenvalue weighted by atomic mass is 10.1. The summed E-state index contributed by atoms with van der Waals surface area (Å²) in [5.41, 5.74) is 6.28. The average Bonchev–Trinajstić information content (AvgIpc) is 3.06. The highest BCUT2D eigenvalue weighted by molar-refractivity contribution is 6.06. The highest BCUT2D eigenvalue weighted by Gasteiger charge is 2.17. The Labute approximate surface area is 136 Å². The van der Waals surface area contributed by atoms with Gasteiger partial charge in [0.25, 0.3) is 11.8 Å². The Morgan fingerprint density at radius 3 is 2.50 bits per heavy atom. The van der Waals surface area contributed by atoms with E-state index in [1.54, 1.807) is 18.2 Å². The quantitative estimate of drug-likeness (QED) is 0.770. The summed E-state index contributed by atoms with van der Waals surface area (Å²) in [4.78, 5) is 27.5. The van der Waals surface area contributed by atoms with Crippen LogP contribution in [-0.2, 0) is 0 Å². The van der Waals surface area contributed by atoms with Crippen LogP contribution in [0.1, 0.15) is 21.0 Å². The van der Waals surface area contributed by atoms with Crippen molar-refractivity contribution in [3.63, 3.8) is 0 Å². The fourth-order valence-electron chi connectivity index (χ4n) is 2.11. The van der Waals surface area contributed by atoms with Gasteiger partial charge in [0.15, 0.2) is 5.76 Å². The number of hydrogen-bond acceptors (Lipinski definition) is 4. The van der Waals surface area contributed by atoms with Gasteiger partial charge >= 0.3 is 5.91 Å². The van der Waals surface area contributed by atoms with Crippen molar-refractivity contribution in [1.29, 1.82) is 0 Å². The number of hydrogen-bond donors (Lipinski definition) is 2. The Hall–Kier alpha value is -3.48. The normalized spacial score (nSPS) is 10.4. The van der Waals surface area contributed by atoms with Gasteiger partial charge in [0.05, 0.1) is 17.4 Å². The van der Waals surface area contributed by atoms with Crippen LogP contribution in [0.2, 0.25) is 0 Å². The third kappa shape index (κ3) is 3.14. The fourth-order valence-corrected chi connectivity index (χ4v) is 2.11. The summed E-state index contributed by atoms with van der Waals surface area (Å²) in [6.45, 7) is 0. The second-order valence-electron chi connectivity index (χ2n) is 4.90. The Morgan fingerprint density at radius 2 is 1.79 bits per heavy atom. The van der Waals surface area contributed by atoms with E-state index >= 15 is 0 Å². The molecule has 3 rings (SSSR count). The molecule has 1 aromatic heterocycles. The Morgan fingerprint density at radius 1 is 1.08 bits per heavy atom. The molecule has 0 saturated heterocycles. The van der Waals surface area contributed by atoms with Gasteiger partial charge in [-0.25, -0.2) is 9.37 Å². The van der Waals surface area contributed by atoms with Gasteiger partial charge in [-0.3, -0.25) is 9.59 Å². The fraction of sp³-hybridized carbons (Fsp3) is 0. The molecule has 0 unspecified atom stereocenters. The predicted molar refractivity (Wildman–Crippen MR) is 84.8 cm³/mol. The van der Waals surface area contributed by atoms with Gasteiger partial charge in [0.2, 0.25) is 0 Å². The number of anilines is 1. The van der Waals surface area contributed by atoms with E-state index in [4.69, 9.17) is 10.2 Å². The molecule has 3 N–H and O–H groups in total. The first-order valence-corrected chi connectivity index (χ1v) is 6.96. The molecule has 7 heteroatoms. The molecule has 0 aliphatic rings. The number of benzene rings is 2. The molecule has 120 valence electrons. The van der Waals surface area contributed by atoms with E-state index < -0.39 is 11.8 Å². The summed E-state index contributed by atoms with van der Waals surface area (Å²) >= 11 is 0. The number of primary amides is 1. The molecular formula is C17H12FN3O3. The van der Waals surface area contributed by atoms with E-state index in [0.29, 0.717) is 11.3 Å². The molecule has 0 atom stereocenters. The van der Waals surface area contributed by atoms with Crippen LogP contribution >= 0.6 is 0 Å². The van der Waals surface area contributed by atoms with Gasteiger partial charge in [-0.1, -0.05) is 12.1 Å². The summed E-state index contributed by atoms with van der Waals surface area (Å²) < 4.78 is 18.3. The maximum absolute atomic E-state index is 12.9. The summed E-state index contributed by atoms with van der Waals surface area (Å²) in [6, 6.07) is 11.9. The van der Waals surface area contributed by atoms with Gasteiger partial charge in [-0.05, 0) is 36.4 Å². The lowest BCUT2D eigenvalue weighted by Crippen LogP contribution is -2.18. The van der Waals surface area contributed by atoms with Crippen LogP contribution in [0, 0.1) is 5.82 Å². The molecule has 0 spiro atoms. The van der Waals surface area contributed by atoms with Crippen molar-refractivity contribution < 1.29 is 18.4 Å². The van der Waals surface area contributed by atoms with Crippen molar-refractivity contribution in [3.8, 4) is 11.3 Å². The third-order valence-corrected chi connectivity index (χ3v) is 3.27. The molecule has 0 radical (unpaired) electrons. The number of carbonyl (C=O) groups excluding carboxylic acids is 2. The molecular weight excluding hydrogens is 313 g/mol. The second-order valence-corrected chi connectivity index (χ2v) is 4.90. The van der Waals surface area contributed by atoms with Crippen LogP contribution in [0.3, 0.4) is 0 Å². The zero-order chi connectivity index (χ0) is 17.1. The highest BCUT2D eigenvalue weighted by atomic mass is 19.1. The highest BCUT2D eigenvalue weighted by Crippen LogP contribution is 2.21. The van der Waals surface area contributed by atoms with Crippen LogP contribution in [0.25, 0.3) is 11.3 Å². The minimum absolute atomic E-state index is 0.177. The molecule has 3 aromatic rings. The number of nitrogens with one attached hydrogen (secondary N) is 1. The van der Waals surface area contributed by atoms with Crippen molar-refractivity contribution in [2.24, 2.45) is 5.73 Å². The lowest BCUT2D eigenvalue weighted by Gasteiger charge is -2.06. The van der Waals surface area contributed by atoms with E-state index in [0.717, 1.165) is 0 Å². The second kappa shape index (κ2) is 6.33. The van der Waals surface area contributed by atoms with Gasteiger partial charge in [0.1, 0.15) is 5.82 Å². The van der Waals surface area contributed by atoms with Crippen LogP contribution in [-0.4, -0.2) is 16.8 Å². The summed E-state index contributed by atoms with van der Waals surface area (Å²) in [6.07, 6.45) is 1.36. The van der Waals surface area contributed by atoms with Crippen molar-refractivity contribution in [1.82, 2.24) is 4.98 Å². The largest absolute Gasteiger partial charge is 0.432 e. The third-order valence-electron chi connectivity index (χ3n) is 3.27. The lowest BCUT2D eigenvalue weighted by molar-refractivity contribution is 0.0991. The molecule has 1 heterocycles. The van der Waals surface area contributed by atoms with Gasteiger partial charge in [-0.15, -0.1) is 0 Å². The van der Waals surface area contributed by atoms with Crippen molar-refractivity contribution >= 4 is 17.5 Å². The van der Waals surface area contributed by atoms with E-state index in [1.807, 2.05) is 0 Å². The van der Waals surface area contributed by atoms with Crippen LogP contribution in [0.15, 0.2) is 59.1 Å². The van der Waals surface area contributed by atoms with Crippen LogP contribution in [0.4, 0.5) is 10.1 Å². The maximum Gasteiger partial charge on any atom is 0.311 e. The standard InChI is InChI=1S/C17H12FN3O3/c18-11-7-5-10(6-8-11)14-9-20-17(24-14)16(23)21-13-4-2-1-3-12(13)15(19)22/h1-9H,(H2,19,22)(H,21,23). The number of halogens is 1. The number of nitrogens with zero attached hydrogens (tertiary/aromatic N) is 1. The molecule has 0 fully saturated rings. The number of aromatic nitrogens is 1. The zero-order valence-corrected chi connectivity index (χ0v) is 12.3. The van der Waals surface area contributed by atoms with Crippen molar-refractivity contribution in [2.45, 2.75) is 0 Å². The summed E-state index contributed by atoms with van der Waals surface area (Å²) in [7, 11) is 0. The van der Waals surface area contributed by atoms with Gasteiger partial charge < -0.3 is 15.5 Å². The monoisotopic (exact) mass is 325 g/mol. The zero-order valence-electron chi connectivity index (χ0n) is 12.3. The van der Waals surface area contributed by atoms with E-state index in [2.05, 4.69) is 10.3 Å². The molecule has 0 bridgehead atoms. The Bertz CT molecular complexity index is 903. The number of rotatable bonds is 4. The molecule has 0 aliphatic carbocycles. The first-order valence-electron chi connectivity index (χ1n) is 6.96. The minimum Gasteiger partial charge on any atom is -0.432 e. The SMILES string of the molecule is NC(=O)c1ccccc1NC(=O)c1ncc(-c2ccc(F)cc2)o1. The molecule has 6 nitrogen and oxygen atoms in total.